The largest absolute Gasteiger partial charge is 0.424 e. The second kappa shape index (κ2) is 5.89. The minimum atomic E-state index is 0.380. The van der Waals surface area contributed by atoms with E-state index in [2.05, 4.69) is 31.2 Å². The van der Waals surface area contributed by atoms with Gasteiger partial charge >= 0.3 is 6.01 Å². The van der Waals surface area contributed by atoms with Crippen LogP contribution in [0.15, 0.2) is 35.1 Å². The normalized spacial score (nSPS) is 14.3. The first-order chi connectivity index (χ1) is 9.70. The Labute approximate surface area is 126 Å². The molecule has 0 atom stereocenters. The quantitative estimate of drug-likeness (QED) is 0.908. The van der Waals surface area contributed by atoms with Gasteiger partial charge in [-0.3, -0.25) is 0 Å². The van der Waals surface area contributed by atoms with Gasteiger partial charge in [0.05, 0.1) is 0 Å². The van der Waals surface area contributed by atoms with E-state index in [0.717, 1.165) is 27.9 Å². The van der Waals surface area contributed by atoms with Crippen molar-refractivity contribution < 1.29 is 4.74 Å². The maximum Gasteiger partial charge on any atom is 0.321 e. The first-order valence-corrected chi connectivity index (χ1v) is 7.48. The highest BCUT2D eigenvalue weighted by atomic mass is 79.9. The highest BCUT2D eigenvalue weighted by molar-refractivity contribution is 9.10. The summed E-state index contributed by atoms with van der Waals surface area (Å²) >= 11 is 3.43. The molecule has 1 aliphatic carbocycles. The second-order valence-electron chi connectivity index (χ2n) is 5.04. The van der Waals surface area contributed by atoms with E-state index in [1.54, 1.807) is 0 Å². The topological polar surface area (TPSA) is 47.0 Å². The van der Waals surface area contributed by atoms with Gasteiger partial charge in [-0.2, -0.15) is 0 Å². The van der Waals surface area contributed by atoms with Crippen molar-refractivity contribution in [1.29, 1.82) is 0 Å². The summed E-state index contributed by atoms with van der Waals surface area (Å²) in [6, 6.07) is 6.92. The van der Waals surface area contributed by atoms with Crippen molar-refractivity contribution in [2.45, 2.75) is 32.4 Å². The van der Waals surface area contributed by atoms with Gasteiger partial charge in [-0.15, -0.1) is 0 Å². The highest BCUT2D eigenvalue weighted by Gasteiger charge is 2.19. The summed E-state index contributed by atoms with van der Waals surface area (Å²) in [4.78, 5) is 8.50. The van der Waals surface area contributed by atoms with Crippen molar-refractivity contribution >= 4 is 15.9 Å². The van der Waals surface area contributed by atoms with Gasteiger partial charge in [0.25, 0.3) is 0 Å². The predicted molar refractivity (Wildman–Crippen MR) is 80.8 cm³/mol. The van der Waals surface area contributed by atoms with Crippen LogP contribution in [-0.4, -0.2) is 16.0 Å². The van der Waals surface area contributed by atoms with E-state index in [9.17, 15) is 0 Å². The highest BCUT2D eigenvalue weighted by Crippen LogP contribution is 2.25. The number of nitrogens with one attached hydrogen (secondary N) is 1. The number of halogens is 1. The fraction of sp³-hybridized carbons (Fsp3) is 0.333. The van der Waals surface area contributed by atoms with Crippen LogP contribution in [0.1, 0.15) is 24.0 Å². The molecule has 20 heavy (non-hydrogen) atoms. The fourth-order valence-corrected chi connectivity index (χ4v) is 2.34. The molecule has 0 saturated heterocycles. The number of benzene rings is 1. The van der Waals surface area contributed by atoms with E-state index >= 15 is 0 Å². The van der Waals surface area contributed by atoms with E-state index in [1.807, 2.05) is 37.5 Å². The van der Waals surface area contributed by atoms with Gasteiger partial charge in [-0.25, -0.2) is 9.97 Å². The van der Waals surface area contributed by atoms with Crippen LogP contribution in [-0.2, 0) is 6.54 Å². The summed E-state index contributed by atoms with van der Waals surface area (Å²) in [5.41, 5.74) is 2.12. The lowest BCUT2D eigenvalue weighted by Gasteiger charge is -2.08. The summed E-state index contributed by atoms with van der Waals surface area (Å²) in [6.07, 6.45) is 6.19. The monoisotopic (exact) mass is 333 g/mol. The van der Waals surface area contributed by atoms with E-state index in [-0.39, 0.29) is 0 Å². The van der Waals surface area contributed by atoms with Crippen molar-refractivity contribution in [3.8, 4) is 11.8 Å². The Morgan fingerprint density at radius 2 is 2.05 bits per heavy atom. The molecule has 0 amide bonds. The molecule has 4 nitrogen and oxygen atoms in total. The molecule has 1 N–H and O–H groups in total. The maximum atomic E-state index is 5.69. The van der Waals surface area contributed by atoms with Crippen LogP contribution < -0.4 is 10.1 Å². The van der Waals surface area contributed by atoms with Crippen LogP contribution in [0.25, 0.3) is 0 Å². The minimum absolute atomic E-state index is 0.380. The molecule has 104 valence electrons. The molecule has 1 aromatic carbocycles. The lowest BCUT2D eigenvalue weighted by molar-refractivity contribution is 0.437. The maximum absolute atomic E-state index is 5.69. The van der Waals surface area contributed by atoms with Crippen molar-refractivity contribution in [1.82, 2.24) is 15.3 Å². The average molecular weight is 334 g/mol. The van der Waals surface area contributed by atoms with Crippen LogP contribution in [0, 0.1) is 6.92 Å². The van der Waals surface area contributed by atoms with Crippen molar-refractivity contribution in [3.05, 3.63) is 46.2 Å². The van der Waals surface area contributed by atoms with Crippen molar-refractivity contribution in [3.63, 3.8) is 0 Å². The third-order valence-electron chi connectivity index (χ3n) is 3.19. The zero-order valence-electron chi connectivity index (χ0n) is 11.3. The Morgan fingerprint density at radius 1 is 1.30 bits per heavy atom. The Morgan fingerprint density at radius 3 is 2.70 bits per heavy atom. The number of hydrogen-bond acceptors (Lipinski definition) is 4. The van der Waals surface area contributed by atoms with Gasteiger partial charge in [0.15, 0.2) is 0 Å². The standard InChI is InChI=1S/C15H16BrN3O/c1-10-6-12(16)2-5-14(10)20-15-18-8-11(9-19-15)7-17-13-3-4-13/h2,5-6,8-9,13,17H,3-4,7H2,1H3. The number of hydrogen-bond donors (Lipinski definition) is 1. The summed E-state index contributed by atoms with van der Waals surface area (Å²) in [5, 5.41) is 3.43. The molecule has 1 aliphatic rings. The molecule has 0 spiro atoms. The van der Waals surface area contributed by atoms with Crippen molar-refractivity contribution in [2.24, 2.45) is 0 Å². The zero-order chi connectivity index (χ0) is 13.9. The lowest BCUT2D eigenvalue weighted by Crippen LogP contribution is -2.15. The molecule has 1 heterocycles. The minimum Gasteiger partial charge on any atom is -0.424 e. The summed E-state index contributed by atoms with van der Waals surface area (Å²) < 4.78 is 6.73. The molecule has 2 aromatic rings. The summed E-state index contributed by atoms with van der Waals surface area (Å²) in [6.45, 7) is 2.82. The Balaban J connectivity index is 1.64. The van der Waals surface area contributed by atoms with Crippen LogP contribution in [0.3, 0.4) is 0 Å². The van der Waals surface area contributed by atoms with E-state index < -0.39 is 0 Å². The smallest absolute Gasteiger partial charge is 0.321 e. The van der Waals surface area contributed by atoms with E-state index in [4.69, 9.17) is 4.74 Å². The third kappa shape index (κ3) is 3.55. The molecule has 0 bridgehead atoms. The molecule has 1 aromatic heterocycles. The predicted octanol–water partition coefficient (Wildman–Crippen LogP) is 3.59. The number of ether oxygens (including phenoxy) is 1. The van der Waals surface area contributed by atoms with Gasteiger partial charge in [0, 0.05) is 35.0 Å². The molecule has 0 unspecified atom stereocenters. The molecule has 1 saturated carbocycles. The molecule has 5 heteroatoms. The Hall–Kier alpha value is -1.46. The van der Waals surface area contributed by atoms with Gasteiger partial charge < -0.3 is 10.1 Å². The molecular formula is C15H16BrN3O. The first kappa shape index (κ1) is 13.5. The Bertz CT molecular complexity index is 597. The van der Waals surface area contributed by atoms with Crippen LogP contribution in [0.4, 0.5) is 0 Å². The Kier molecular flexibility index (Phi) is 3.98. The van der Waals surface area contributed by atoms with Crippen LogP contribution in [0.5, 0.6) is 11.8 Å². The molecule has 1 fully saturated rings. The van der Waals surface area contributed by atoms with E-state index in [1.165, 1.54) is 12.8 Å². The average Bonchev–Trinajstić information content (AvgIpc) is 3.25. The molecule has 0 radical (unpaired) electrons. The fourth-order valence-electron chi connectivity index (χ4n) is 1.86. The first-order valence-electron chi connectivity index (χ1n) is 6.69. The summed E-state index contributed by atoms with van der Waals surface area (Å²) in [7, 11) is 0. The third-order valence-corrected chi connectivity index (χ3v) is 3.69. The van der Waals surface area contributed by atoms with Gasteiger partial charge in [0.2, 0.25) is 0 Å². The number of nitrogens with zero attached hydrogens (tertiary/aromatic N) is 2. The molecule has 3 rings (SSSR count). The van der Waals surface area contributed by atoms with Crippen LogP contribution >= 0.6 is 15.9 Å². The second-order valence-corrected chi connectivity index (χ2v) is 5.96. The van der Waals surface area contributed by atoms with Gasteiger partial charge in [-0.05, 0) is 43.5 Å². The SMILES string of the molecule is Cc1cc(Br)ccc1Oc1ncc(CNC2CC2)cn1. The molecular weight excluding hydrogens is 318 g/mol. The number of rotatable bonds is 5. The summed E-state index contributed by atoms with van der Waals surface area (Å²) in [5.74, 6) is 0.775. The zero-order valence-corrected chi connectivity index (χ0v) is 12.9. The molecule has 0 aliphatic heterocycles. The van der Waals surface area contributed by atoms with Gasteiger partial charge in [-0.1, -0.05) is 15.9 Å². The van der Waals surface area contributed by atoms with E-state index in [0.29, 0.717) is 12.1 Å². The lowest BCUT2D eigenvalue weighted by atomic mass is 10.2. The van der Waals surface area contributed by atoms with Crippen molar-refractivity contribution in [2.75, 3.05) is 0 Å². The number of aromatic nitrogens is 2. The van der Waals surface area contributed by atoms with Crippen LogP contribution in [0.2, 0.25) is 0 Å². The van der Waals surface area contributed by atoms with Gasteiger partial charge in [0.1, 0.15) is 5.75 Å². The number of aryl methyl sites for hydroxylation is 1.